The molecule has 8 nitrogen and oxygen atoms in total. The van der Waals surface area contributed by atoms with Gasteiger partial charge in [-0.05, 0) is 47.5 Å². The Morgan fingerprint density at radius 2 is 1.00 bits per heavy atom. The third kappa shape index (κ3) is 3.44. The quantitative estimate of drug-likeness (QED) is 0.343. The van der Waals surface area contributed by atoms with Crippen molar-refractivity contribution in [3.63, 3.8) is 0 Å². The molecule has 0 spiro atoms. The molecule has 1 heterocycles. The Labute approximate surface area is 145 Å². The van der Waals surface area contributed by atoms with Crippen molar-refractivity contribution in [2.45, 2.75) is 0 Å². The van der Waals surface area contributed by atoms with E-state index < -0.39 is 11.1 Å². The maximum absolute atomic E-state index is 12.2. The maximum atomic E-state index is 12.2. The Hall–Kier alpha value is -3.94. The lowest BCUT2D eigenvalue weighted by atomic mass is 10.2. The van der Waals surface area contributed by atoms with Gasteiger partial charge in [0.2, 0.25) is 0 Å². The number of aromatic amines is 2. The smallest absolute Gasteiger partial charge is 0.272 e. The fraction of sp³-hybridized carbons (Fsp3) is 0. The number of aromatic nitrogens is 2. The van der Waals surface area contributed by atoms with Gasteiger partial charge in [0, 0.05) is 0 Å². The van der Waals surface area contributed by atoms with Gasteiger partial charge in [0.25, 0.3) is 11.1 Å². The second-order valence-electron chi connectivity index (χ2n) is 5.52. The zero-order valence-corrected chi connectivity index (χ0v) is 13.2. The summed E-state index contributed by atoms with van der Waals surface area (Å²) in [5, 5.41) is 37.5. The lowest BCUT2D eigenvalue weighted by Gasteiger charge is -1.99. The van der Waals surface area contributed by atoms with E-state index >= 15 is 0 Å². The second kappa shape index (κ2) is 6.52. The summed E-state index contributed by atoms with van der Waals surface area (Å²) >= 11 is 0. The van der Waals surface area contributed by atoms with E-state index in [1.165, 1.54) is 48.6 Å². The highest BCUT2D eigenvalue weighted by molar-refractivity contribution is 5.55. The van der Waals surface area contributed by atoms with Crippen molar-refractivity contribution in [3.8, 4) is 23.0 Å². The Kier molecular flexibility index (Phi) is 4.24. The minimum absolute atomic E-state index is 0.0363. The first-order valence-electron chi connectivity index (χ1n) is 7.43. The van der Waals surface area contributed by atoms with Crippen molar-refractivity contribution < 1.29 is 20.4 Å². The molecule has 0 atom stereocenters. The fourth-order valence-corrected chi connectivity index (χ4v) is 2.29. The molecule has 0 aliphatic carbocycles. The number of H-pyrrole nitrogens is 2. The summed E-state index contributed by atoms with van der Waals surface area (Å²) < 4.78 is 0. The average Bonchev–Trinajstić information content (AvgIpc) is 2.59. The molecule has 0 amide bonds. The van der Waals surface area contributed by atoms with Crippen LogP contribution in [0.2, 0.25) is 0 Å². The second-order valence-corrected chi connectivity index (χ2v) is 5.52. The van der Waals surface area contributed by atoms with E-state index in [4.69, 9.17) is 0 Å². The zero-order valence-electron chi connectivity index (χ0n) is 13.2. The molecular formula is C18H14N2O6. The molecule has 6 N–H and O–H groups in total. The van der Waals surface area contributed by atoms with Crippen LogP contribution in [0.25, 0.3) is 12.2 Å². The first kappa shape index (κ1) is 16.9. The molecule has 0 unspecified atom stereocenters. The van der Waals surface area contributed by atoms with Crippen LogP contribution in [0.1, 0.15) is 11.1 Å². The number of phenols is 4. The van der Waals surface area contributed by atoms with Crippen molar-refractivity contribution in [2.75, 3.05) is 0 Å². The van der Waals surface area contributed by atoms with Crippen LogP contribution in [0.3, 0.4) is 0 Å². The number of nitrogens with one attached hydrogen (secondary N) is 2. The van der Waals surface area contributed by atoms with Crippen molar-refractivity contribution in [1.82, 2.24) is 9.97 Å². The largest absolute Gasteiger partial charge is 0.504 e. The molecule has 0 aliphatic heterocycles. The molecule has 0 bridgehead atoms. The van der Waals surface area contributed by atoms with Gasteiger partial charge in [-0.15, -0.1) is 0 Å². The Bertz CT molecular complexity index is 1130. The minimum Gasteiger partial charge on any atom is -0.504 e. The summed E-state index contributed by atoms with van der Waals surface area (Å²) in [6.45, 7) is 0. The fourth-order valence-electron chi connectivity index (χ4n) is 2.29. The van der Waals surface area contributed by atoms with Gasteiger partial charge in [-0.2, -0.15) is 0 Å². The molecule has 8 heteroatoms. The third-order valence-electron chi connectivity index (χ3n) is 3.61. The van der Waals surface area contributed by atoms with E-state index in [1.54, 1.807) is 0 Å². The van der Waals surface area contributed by atoms with E-state index in [9.17, 15) is 30.0 Å². The molecule has 0 fully saturated rings. The highest BCUT2D eigenvalue weighted by Crippen LogP contribution is 2.25. The number of rotatable bonds is 2. The number of hydrogen-bond acceptors (Lipinski definition) is 6. The molecule has 132 valence electrons. The summed E-state index contributed by atoms with van der Waals surface area (Å²) in [6.07, 6.45) is 2.69. The molecule has 2 aromatic carbocycles. The molecule has 0 saturated heterocycles. The maximum Gasteiger partial charge on any atom is 0.272 e. The van der Waals surface area contributed by atoms with Gasteiger partial charge in [-0.3, -0.25) is 9.59 Å². The lowest BCUT2D eigenvalue weighted by Crippen LogP contribution is -2.46. The van der Waals surface area contributed by atoms with Crippen LogP contribution < -0.4 is 21.8 Å². The van der Waals surface area contributed by atoms with E-state index in [-0.39, 0.29) is 33.7 Å². The van der Waals surface area contributed by atoms with Crippen molar-refractivity contribution in [2.24, 2.45) is 0 Å². The van der Waals surface area contributed by atoms with E-state index in [2.05, 4.69) is 9.97 Å². The van der Waals surface area contributed by atoms with Gasteiger partial charge in [-0.25, -0.2) is 0 Å². The summed E-state index contributed by atoms with van der Waals surface area (Å²) in [5.74, 6) is -1.30. The third-order valence-corrected chi connectivity index (χ3v) is 3.61. The summed E-state index contributed by atoms with van der Waals surface area (Å²) in [4.78, 5) is 29.2. The predicted molar refractivity (Wildman–Crippen MR) is 93.6 cm³/mol. The van der Waals surface area contributed by atoms with E-state index in [0.717, 1.165) is 0 Å². The molecule has 3 rings (SSSR count). The van der Waals surface area contributed by atoms with E-state index in [0.29, 0.717) is 11.1 Å². The highest BCUT2D eigenvalue weighted by atomic mass is 16.3. The number of aromatic hydroxyl groups is 4. The molecule has 0 saturated carbocycles. The Morgan fingerprint density at radius 3 is 1.35 bits per heavy atom. The van der Waals surface area contributed by atoms with Crippen LogP contribution in [0, 0.1) is 0 Å². The molecule has 1 aromatic heterocycles. The van der Waals surface area contributed by atoms with Crippen molar-refractivity contribution in [3.05, 3.63) is 78.9 Å². The highest BCUT2D eigenvalue weighted by Gasteiger charge is 2.02. The van der Waals surface area contributed by atoms with Gasteiger partial charge < -0.3 is 30.4 Å². The van der Waals surface area contributed by atoms with Crippen molar-refractivity contribution >= 4 is 12.2 Å². The van der Waals surface area contributed by atoms with Gasteiger partial charge >= 0.3 is 0 Å². The molecular weight excluding hydrogens is 340 g/mol. The Balaban J connectivity index is 2.11. The predicted octanol–water partition coefficient (Wildman–Crippen LogP) is -0.457. The Morgan fingerprint density at radius 1 is 0.615 bits per heavy atom. The van der Waals surface area contributed by atoms with Gasteiger partial charge in [0.15, 0.2) is 23.0 Å². The SMILES string of the molecule is O=c1[nH]/c(=C\c2ccc(O)c(O)c2)c(=O)[nH]/c1=C\c1ccc(O)c(O)c1. The van der Waals surface area contributed by atoms with Gasteiger partial charge in [0.1, 0.15) is 10.7 Å². The standard InChI is InChI=1S/C18H14N2O6/c21-13-3-1-9(7-15(13)23)5-11-17(25)20-12(18(26)19-11)6-10-2-4-14(22)16(24)8-10/h1-8,21-24H,(H,19,26)(H,20,25)/b11-5-,12-6-. The number of hydrogen-bond donors (Lipinski definition) is 6. The number of phenolic OH excluding ortho intramolecular Hbond substituents is 4. The minimum atomic E-state index is -0.577. The normalized spacial score (nSPS) is 12.5. The zero-order chi connectivity index (χ0) is 18.8. The molecule has 3 aromatic rings. The first-order valence-corrected chi connectivity index (χ1v) is 7.43. The number of benzene rings is 2. The molecule has 26 heavy (non-hydrogen) atoms. The summed E-state index contributed by atoms with van der Waals surface area (Å²) in [7, 11) is 0. The lowest BCUT2D eigenvalue weighted by molar-refractivity contribution is 0.403. The summed E-state index contributed by atoms with van der Waals surface area (Å²) in [6, 6.07) is 7.93. The van der Waals surface area contributed by atoms with Crippen LogP contribution in [-0.4, -0.2) is 30.4 Å². The van der Waals surface area contributed by atoms with Gasteiger partial charge in [-0.1, -0.05) is 12.1 Å². The van der Waals surface area contributed by atoms with E-state index in [1.807, 2.05) is 0 Å². The van der Waals surface area contributed by atoms with Crippen LogP contribution in [0.15, 0.2) is 46.0 Å². The van der Waals surface area contributed by atoms with Gasteiger partial charge in [0.05, 0.1) is 0 Å². The van der Waals surface area contributed by atoms with Crippen LogP contribution in [0.4, 0.5) is 0 Å². The summed E-state index contributed by atoms with van der Waals surface area (Å²) in [5.41, 5.74) is -0.346. The van der Waals surface area contributed by atoms with Crippen molar-refractivity contribution in [1.29, 1.82) is 0 Å². The average molecular weight is 354 g/mol. The molecule has 0 radical (unpaired) electrons. The first-order chi connectivity index (χ1) is 12.3. The monoisotopic (exact) mass is 354 g/mol. The van der Waals surface area contributed by atoms with Crippen LogP contribution in [0.5, 0.6) is 23.0 Å². The van der Waals surface area contributed by atoms with Crippen LogP contribution >= 0.6 is 0 Å². The topological polar surface area (TPSA) is 147 Å². The van der Waals surface area contributed by atoms with Crippen LogP contribution in [-0.2, 0) is 0 Å². The molecule has 0 aliphatic rings.